The van der Waals surface area contributed by atoms with Crippen LogP contribution in [0.4, 0.5) is 4.39 Å². The number of carbonyl (C=O) groups is 1. The number of aliphatic hydroxyl groups is 1. The molecule has 1 aromatic rings. The van der Waals surface area contributed by atoms with Crippen LogP contribution in [0.2, 0.25) is 0 Å². The van der Waals surface area contributed by atoms with Crippen molar-refractivity contribution in [2.45, 2.75) is 19.3 Å². The number of nitrogens with zero attached hydrogens (tertiary/aromatic N) is 1. The van der Waals surface area contributed by atoms with Crippen molar-refractivity contribution in [2.24, 2.45) is 5.92 Å². The van der Waals surface area contributed by atoms with E-state index < -0.39 is 5.82 Å². The van der Waals surface area contributed by atoms with Gasteiger partial charge in [0.05, 0.1) is 13.5 Å². The molecule has 1 N–H and O–H groups in total. The van der Waals surface area contributed by atoms with Gasteiger partial charge < -0.3 is 14.7 Å². The molecule has 0 aromatic heterocycles. The number of amides is 1. The predicted octanol–water partition coefficient (Wildman–Crippen LogP) is 1.61. The molecular formula is C15H20FNO3. The van der Waals surface area contributed by atoms with E-state index in [2.05, 4.69) is 0 Å². The quantitative estimate of drug-likeness (QED) is 0.912. The zero-order chi connectivity index (χ0) is 14.5. The zero-order valence-corrected chi connectivity index (χ0v) is 11.6. The first-order valence-corrected chi connectivity index (χ1v) is 6.85. The number of hydrogen-bond donors (Lipinski definition) is 1. The standard InChI is InChI=1S/C15H20FNO3/c1-20-14-5-4-11(7-13(14)16)8-15(19)17-6-2-3-12(9-17)10-18/h4-5,7,12,18H,2-3,6,8-10H2,1H3. The van der Waals surface area contributed by atoms with E-state index in [0.29, 0.717) is 18.7 Å². The molecule has 1 aliphatic rings. The number of benzene rings is 1. The Morgan fingerprint density at radius 1 is 1.55 bits per heavy atom. The smallest absolute Gasteiger partial charge is 0.227 e. The molecule has 1 amide bonds. The molecule has 2 rings (SSSR count). The van der Waals surface area contributed by atoms with Gasteiger partial charge in [0.1, 0.15) is 0 Å². The predicted molar refractivity (Wildman–Crippen MR) is 73.0 cm³/mol. The molecule has 20 heavy (non-hydrogen) atoms. The van der Waals surface area contributed by atoms with Crippen molar-refractivity contribution < 1.29 is 19.0 Å². The first kappa shape index (κ1) is 14.8. The maximum Gasteiger partial charge on any atom is 0.227 e. The fraction of sp³-hybridized carbons (Fsp3) is 0.533. The molecule has 1 aromatic carbocycles. The van der Waals surface area contributed by atoms with Gasteiger partial charge in [0, 0.05) is 19.7 Å². The van der Waals surface area contributed by atoms with Crippen LogP contribution in [0.15, 0.2) is 18.2 Å². The second kappa shape index (κ2) is 6.70. The Bertz CT molecular complexity index is 478. The second-order valence-electron chi connectivity index (χ2n) is 5.18. The van der Waals surface area contributed by atoms with Crippen molar-refractivity contribution in [1.29, 1.82) is 0 Å². The molecule has 1 unspecified atom stereocenters. The highest BCUT2D eigenvalue weighted by atomic mass is 19.1. The fourth-order valence-corrected chi connectivity index (χ4v) is 2.55. The molecule has 0 radical (unpaired) electrons. The van der Waals surface area contributed by atoms with Crippen LogP contribution in [0.25, 0.3) is 0 Å². The Morgan fingerprint density at radius 2 is 2.35 bits per heavy atom. The van der Waals surface area contributed by atoms with E-state index in [9.17, 15) is 14.3 Å². The summed E-state index contributed by atoms with van der Waals surface area (Å²) in [5.74, 6) is -0.128. The van der Waals surface area contributed by atoms with Crippen molar-refractivity contribution in [3.8, 4) is 5.75 Å². The topological polar surface area (TPSA) is 49.8 Å². The summed E-state index contributed by atoms with van der Waals surface area (Å²) in [4.78, 5) is 13.9. The molecule has 1 aliphatic heterocycles. The summed E-state index contributed by atoms with van der Waals surface area (Å²) in [5, 5.41) is 9.17. The van der Waals surface area contributed by atoms with E-state index in [0.717, 1.165) is 12.8 Å². The monoisotopic (exact) mass is 281 g/mol. The molecule has 1 fully saturated rings. The van der Waals surface area contributed by atoms with Crippen LogP contribution < -0.4 is 4.74 Å². The zero-order valence-electron chi connectivity index (χ0n) is 11.6. The minimum atomic E-state index is -0.454. The van der Waals surface area contributed by atoms with E-state index in [1.54, 1.807) is 11.0 Å². The lowest BCUT2D eigenvalue weighted by Gasteiger charge is -2.32. The number of ether oxygens (including phenoxy) is 1. The lowest BCUT2D eigenvalue weighted by Crippen LogP contribution is -2.41. The molecule has 110 valence electrons. The van der Waals surface area contributed by atoms with Crippen LogP contribution in [-0.4, -0.2) is 42.7 Å². The molecule has 0 aliphatic carbocycles. The van der Waals surface area contributed by atoms with Crippen molar-refractivity contribution in [3.05, 3.63) is 29.6 Å². The summed E-state index contributed by atoms with van der Waals surface area (Å²) in [6.07, 6.45) is 2.05. The van der Waals surface area contributed by atoms with E-state index in [4.69, 9.17) is 4.74 Å². The lowest BCUT2D eigenvalue weighted by molar-refractivity contribution is -0.132. The van der Waals surface area contributed by atoms with E-state index in [-0.39, 0.29) is 30.6 Å². The SMILES string of the molecule is COc1ccc(CC(=O)N2CCCC(CO)C2)cc1F. The van der Waals surface area contributed by atoms with Gasteiger partial charge in [0.25, 0.3) is 0 Å². The number of hydrogen-bond acceptors (Lipinski definition) is 3. The van der Waals surface area contributed by atoms with Crippen LogP contribution in [0, 0.1) is 11.7 Å². The molecule has 4 nitrogen and oxygen atoms in total. The van der Waals surface area contributed by atoms with Crippen molar-refractivity contribution >= 4 is 5.91 Å². The maximum absolute atomic E-state index is 13.6. The third-order valence-electron chi connectivity index (χ3n) is 3.70. The normalized spacial score (nSPS) is 18.9. The van der Waals surface area contributed by atoms with Gasteiger partial charge >= 0.3 is 0 Å². The number of carbonyl (C=O) groups excluding carboxylic acids is 1. The number of halogens is 1. The molecule has 5 heteroatoms. The molecule has 1 saturated heterocycles. The molecule has 1 heterocycles. The largest absolute Gasteiger partial charge is 0.494 e. The Labute approximate surface area is 118 Å². The van der Waals surface area contributed by atoms with Crippen LogP contribution in [0.1, 0.15) is 18.4 Å². The third-order valence-corrected chi connectivity index (χ3v) is 3.70. The summed E-state index contributed by atoms with van der Waals surface area (Å²) in [6.45, 7) is 1.42. The van der Waals surface area contributed by atoms with Gasteiger partial charge in [-0.25, -0.2) is 4.39 Å². The van der Waals surface area contributed by atoms with E-state index >= 15 is 0 Å². The second-order valence-corrected chi connectivity index (χ2v) is 5.18. The van der Waals surface area contributed by atoms with Crippen molar-refractivity contribution in [1.82, 2.24) is 4.90 Å². The summed E-state index contributed by atoms with van der Waals surface area (Å²) in [7, 11) is 1.41. The number of aliphatic hydroxyl groups excluding tert-OH is 1. The molecule has 0 spiro atoms. The highest BCUT2D eigenvalue weighted by Crippen LogP contribution is 2.20. The lowest BCUT2D eigenvalue weighted by atomic mass is 9.98. The van der Waals surface area contributed by atoms with Crippen LogP contribution in [0.5, 0.6) is 5.75 Å². The van der Waals surface area contributed by atoms with Gasteiger partial charge in [-0.3, -0.25) is 4.79 Å². The van der Waals surface area contributed by atoms with Crippen LogP contribution >= 0.6 is 0 Å². The van der Waals surface area contributed by atoms with Gasteiger partial charge in [-0.2, -0.15) is 0 Å². The van der Waals surface area contributed by atoms with Gasteiger partial charge in [-0.15, -0.1) is 0 Å². The van der Waals surface area contributed by atoms with E-state index in [1.165, 1.54) is 19.2 Å². The minimum absolute atomic E-state index is 0.0206. The van der Waals surface area contributed by atoms with Gasteiger partial charge in [-0.1, -0.05) is 6.07 Å². The summed E-state index contributed by atoms with van der Waals surface area (Å²) < 4.78 is 18.4. The van der Waals surface area contributed by atoms with Crippen molar-refractivity contribution in [2.75, 3.05) is 26.8 Å². The van der Waals surface area contributed by atoms with Gasteiger partial charge in [-0.05, 0) is 36.5 Å². The highest BCUT2D eigenvalue weighted by molar-refractivity contribution is 5.79. The average Bonchev–Trinajstić information content (AvgIpc) is 2.47. The Balaban J connectivity index is 1.98. The number of methoxy groups -OCH3 is 1. The first-order valence-electron chi connectivity index (χ1n) is 6.85. The van der Waals surface area contributed by atoms with E-state index in [1.807, 2.05) is 0 Å². The highest BCUT2D eigenvalue weighted by Gasteiger charge is 2.23. The van der Waals surface area contributed by atoms with Crippen LogP contribution in [0.3, 0.4) is 0 Å². The number of piperidine rings is 1. The molecular weight excluding hydrogens is 261 g/mol. The summed E-state index contributed by atoms with van der Waals surface area (Å²) in [6, 6.07) is 4.57. The first-order chi connectivity index (χ1) is 9.63. The average molecular weight is 281 g/mol. The number of rotatable bonds is 4. The summed E-state index contributed by atoms with van der Waals surface area (Å²) >= 11 is 0. The maximum atomic E-state index is 13.6. The minimum Gasteiger partial charge on any atom is -0.494 e. The Kier molecular flexibility index (Phi) is 4.95. The molecule has 1 atom stereocenters. The summed E-state index contributed by atoms with van der Waals surface area (Å²) in [5.41, 5.74) is 0.638. The Hall–Kier alpha value is -1.62. The molecule has 0 saturated carbocycles. The van der Waals surface area contributed by atoms with Crippen molar-refractivity contribution in [3.63, 3.8) is 0 Å². The van der Waals surface area contributed by atoms with Gasteiger partial charge in [0.15, 0.2) is 11.6 Å². The molecule has 0 bridgehead atoms. The fourth-order valence-electron chi connectivity index (χ4n) is 2.55. The number of likely N-dealkylation sites (tertiary alicyclic amines) is 1. The van der Waals surface area contributed by atoms with Gasteiger partial charge in [0.2, 0.25) is 5.91 Å². The third kappa shape index (κ3) is 3.48. The Morgan fingerprint density at radius 3 is 3.00 bits per heavy atom. The van der Waals surface area contributed by atoms with Crippen LogP contribution in [-0.2, 0) is 11.2 Å².